The third-order valence-electron chi connectivity index (χ3n) is 3.12. The van der Waals surface area contributed by atoms with Gasteiger partial charge in [0.15, 0.2) is 0 Å². The molecule has 1 heterocycles. The molecule has 0 unspecified atom stereocenters. The first-order valence-corrected chi connectivity index (χ1v) is 7.22. The van der Waals surface area contributed by atoms with Crippen LogP contribution in [0.5, 0.6) is 0 Å². The molecule has 0 aliphatic heterocycles. The average Bonchev–Trinajstić information content (AvgIpc) is 2.28. The summed E-state index contributed by atoms with van der Waals surface area (Å²) >= 11 is 8.54. The van der Waals surface area contributed by atoms with Gasteiger partial charge in [0.25, 0.3) is 0 Å². The summed E-state index contributed by atoms with van der Waals surface area (Å²) in [5, 5.41) is 9.26. The summed E-state index contributed by atoms with van der Waals surface area (Å²) in [6.07, 6.45) is 4.64. The van der Waals surface area contributed by atoms with Crippen molar-refractivity contribution in [3.8, 4) is 0 Å². The number of aromatic nitrogens is 1. The van der Waals surface area contributed by atoms with Gasteiger partial charge in [0.1, 0.15) is 0 Å². The predicted molar refractivity (Wildman–Crippen MR) is 80.1 cm³/mol. The van der Waals surface area contributed by atoms with Gasteiger partial charge in [-0.15, -0.1) is 0 Å². The molecule has 3 nitrogen and oxygen atoms in total. The molecule has 1 fully saturated rings. The van der Waals surface area contributed by atoms with Crippen molar-refractivity contribution in [3.63, 3.8) is 0 Å². The molecule has 2 aromatic rings. The second-order valence-corrected chi connectivity index (χ2v) is 5.79. The van der Waals surface area contributed by atoms with Crippen molar-refractivity contribution in [1.29, 1.82) is 0 Å². The Morgan fingerprint density at radius 2 is 2.05 bits per heavy atom. The summed E-state index contributed by atoms with van der Waals surface area (Å²) in [6, 6.07) is 7.74. The normalized spacial score (nSPS) is 13.7. The molecule has 6 heteroatoms. The number of fused-ring (bicyclic) bond motifs is 1. The fourth-order valence-electron chi connectivity index (χ4n) is 1.75. The number of hydrogen-bond acceptors (Lipinski definition) is 3. The molecular weight excluding hydrogens is 349 g/mol. The Kier molecular flexibility index (Phi) is 7.40. The van der Waals surface area contributed by atoms with E-state index in [1.54, 1.807) is 6.20 Å². The van der Waals surface area contributed by atoms with E-state index in [1.807, 2.05) is 24.3 Å². The molecule has 0 amide bonds. The molecule has 0 saturated heterocycles. The number of nitrogens with zero attached hydrogens (tertiary/aromatic N) is 1. The quantitative estimate of drug-likeness (QED) is 0.602. The van der Waals surface area contributed by atoms with Gasteiger partial charge in [-0.3, -0.25) is 9.78 Å². The average molecular weight is 362 g/mol. The van der Waals surface area contributed by atoms with Gasteiger partial charge in [0.2, 0.25) is 0 Å². The minimum atomic E-state index is -0.619. The molecule has 100 valence electrons. The van der Waals surface area contributed by atoms with E-state index < -0.39 is 5.97 Å². The van der Waals surface area contributed by atoms with Gasteiger partial charge in [-0.1, -0.05) is 28.4 Å². The van der Waals surface area contributed by atoms with Crippen LogP contribution in [-0.4, -0.2) is 16.1 Å². The summed E-state index contributed by atoms with van der Waals surface area (Å²) < 4.78 is 1.04. The van der Waals surface area contributed by atoms with Gasteiger partial charge in [-0.25, -0.2) is 0 Å². The molecular formula is C14H13BrNNaO2S. The third-order valence-corrected chi connectivity index (χ3v) is 3.97. The van der Waals surface area contributed by atoms with E-state index in [2.05, 4.69) is 20.9 Å². The fourth-order valence-corrected chi connectivity index (χ4v) is 2.33. The van der Waals surface area contributed by atoms with E-state index >= 15 is 0 Å². The van der Waals surface area contributed by atoms with E-state index in [9.17, 15) is 4.79 Å². The zero-order valence-corrected chi connectivity index (χ0v) is 15.6. The number of hydrogen-bond donors (Lipinski definition) is 1. The van der Waals surface area contributed by atoms with Crippen LogP contribution in [0.25, 0.3) is 10.9 Å². The van der Waals surface area contributed by atoms with E-state index in [0.717, 1.165) is 39.5 Å². The van der Waals surface area contributed by atoms with Crippen LogP contribution in [0.4, 0.5) is 0 Å². The number of rotatable bonds is 1. The molecule has 20 heavy (non-hydrogen) atoms. The van der Waals surface area contributed by atoms with Crippen LogP contribution in [0.15, 0.2) is 39.8 Å². The first-order chi connectivity index (χ1) is 9.08. The maximum atomic E-state index is 9.98. The topological polar surface area (TPSA) is 50.2 Å². The molecule has 0 atom stereocenters. The Hall–Kier alpha value is -0.200. The number of benzene rings is 1. The summed E-state index contributed by atoms with van der Waals surface area (Å²) in [6.45, 7) is 0. The number of carboxylic acid groups (broad SMARTS) is 1. The summed E-state index contributed by atoms with van der Waals surface area (Å²) in [7, 11) is 0. The Labute approximate surface area is 154 Å². The second-order valence-electron chi connectivity index (χ2n) is 4.44. The van der Waals surface area contributed by atoms with Crippen LogP contribution < -0.4 is 29.6 Å². The van der Waals surface area contributed by atoms with Gasteiger partial charge in [0, 0.05) is 10.7 Å². The van der Waals surface area contributed by atoms with Crippen molar-refractivity contribution < 1.29 is 39.5 Å². The molecule has 1 saturated carbocycles. The molecule has 1 N–H and O–H groups in total. The van der Waals surface area contributed by atoms with Crippen molar-refractivity contribution in [2.75, 3.05) is 0 Å². The Morgan fingerprint density at radius 1 is 1.35 bits per heavy atom. The molecule has 1 aliphatic carbocycles. The molecule has 0 radical (unpaired) electrons. The van der Waals surface area contributed by atoms with Gasteiger partial charge in [-0.2, -0.15) is 4.90 Å². The Morgan fingerprint density at radius 3 is 2.55 bits per heavy atom. The maximum Gasteiger partial charge on any atom is 1.00 e. The van der Waals surface area contributed by atoms with E-state index in [0.29, 0.717) is 0 Å². The molecule has 3 rings (SSSR count). The first kappa shape index (κ1) is 17.9. The van der Waals surface area contributed by atoms with Crippen LogP contribution >= 0.6 is 15.9 Å². The minimum Gasteiger partial charge on any atom is -0.779 e. The molecule has 0 bridgehead atoms. The van der Waals surface area contributed by atoms with Crippen molar-refractivity contribution in [2.24, 2.45) is 5.92 Å². The fraction of sp³-hybridized carbons (Fsp3) is 0.286. The van der Waals surface area contributed by atoms with Gasteiger partial charge in [0.05, 0.1) is 11.4 Å². The van der Waals surface area contributed by atoms with E-state index in [4.69, 9.17) is 17.7 Å². The van der Waals surface area contributed by atoms with E-state index in [-0.39, 0.29) is 35.5 Å². The van der Waals surface area contributed by atoms with Crippen molar-refractivity contribution >= 4 is 45.4 Å². The zero-order valence-electron chi connectivity index (χ0n) is 11.2. The van der Waals surface area contributed by atoms with Gasteiger partial charge >= 0.3 is 35.5 Å². The second kappa shape index (κ2) is 8.29. The Balaban J connectivity index is 0.000000216. The first-order valence-electron chi connectivity index (χ1n) is 6.02. The summed E-state index contributed by atoms with van der Waals surface area (Å²) in [5.41, 5.74) is 0.950. The van der Waals surface area contributed by atoms with Crippen LogP contribution in [0.3, 0.4) is 0 Å². The van der Waals surface area contributed by atoms with Crippen LogP contribution in [0, 0.1) is 5.92 Å². The SMILES string of the molecule is O=C(O)C1CCC1.[Na+].[S-]c1ccnc2ccc(Br)cc12. The molecule has 1 aromatic heterocycles. The molecule has 0 spiro atoms. The maximum absolute atomic E-state index is 9.98. The number of halogens is 1. The molecule has 1 aromatic carbocycles. The van der Waals surface area contributed by atoms with Crippen LogP contribution in [0.1, 0.15) is 19.3 Å². The van der Waals surface area contributed by atoms with Crippen molar-refractivity contribution in [2.45, 2.75) is 24.2 Å². The zero-order chi connectivity index (χ0) is 13.8. The number of carbonyl (C=O) groups is 1. The summed E-state index contributed by atoms with van der Waals surface area (Å²) in [5.74, 6) is -0.619. The van der Waals surface area contributed by atoms with Gasteiger partial charge in [-0.05, 0) is 36.4 Å². The predicted octanol–water partition coefficient (Wildman–Crippen LogP) is 0.778. The monoisotopic (exact) mass is 361 g/mol. The third kappa shape index (κ3) is 4.67. The Bertz CT molecular complexity index is 605. The minimum absolute atomic E-state index is 0. The van der Waals surface area contributed by atoms with E-state index in [1.165, 1.54) is 0 Å². The van der Waals surface area contributed by atoms with Crippen LogP contribution in [0.2, 0.25) is 0 Å². The largest absolute Gasteiger partial charge is 1.00 e. The number of aliphatic carboxylic acids is 1. The molecule has 1 aliphatic rings. The standard InChI is InChI=1S/C9H6BrNS.C5H8O2.Na/c10-6-1-2-8-7(5-6)9(12)3-4-11-8;6-5(7)4-2-1-3-4;/h1-5H,(H,11,12);4H,1-3H2,(H,6,7);/q;;+1/p-1. The van der Waals surface area contributed by atoms with Crippen molar-refractivity contribution in [3.05, 3.63) is 34.9 Å². The number of pyridine rings is 1. The van der Waals surface area contributed by atoms with Crippen LogP contribution in [-0.2, 0) is 17.4 Å². The number of carboxylic acids is 1. The van der Waals surface area contributed by atoms with Gasteiger partial charge < -0.3 is 17.7 Å². The van der Waals surface area contributed by atoms with Crippen molar-refractivity contribution in [1.82, 2.24) is 4.98 Å². The smallest absolute Gasteiger partial charge is 0.779 e. The summed E-state index contributed by atoms with van der Waals surface area (Å²) in [4.78, 5) is 15.0.